The smallest absolute Gasteiger partial charge is 0.416 e. The lowest BCUT2D eigenvalue weighted by Crippen LogP contribution is -2.42. The van der Waals surface area contributed by atoms with Crippen molar-refractivity contribution in [1.29, 1.82) is 0 Å². The Labute approximate surface area is 178 Å². The molecule has 4 rings (SSSR count). The molecule has 0 amide bonds. The number of nitrogen functional groups attached to an aromatic ring is 1. The highest BCUT2D eigenvalue weighted by Crippen LogP contribution is 2.45. The summed E-state index contributed by atoms with van der Waals surface area (Å²) in [6, 6.07) is 0.432. The lowest BCUT2D eigenvalue weighted by Gasteiger charge is -2.29. The van der Waals surface area contributed by atoms with Gasteiger partial charge in [0, 0.05) is 12.6 Å². The summed E-state index contributed by atoms with van der Waals surface area (Å²) in [4.78, 5) is 5.62. The lowest BCUT2D eigenvalue weighted by molar-refractivity contribution is -0.277. The molecular formula is C19H21F6N5O2. The van der Waals surface area contributed by atoms with Gasteiger partial charge in [0.2, 0.25) is 5.60 Å². The molecule has 0 aliphatic carbocycles. The predicted molar refractivity (Wildman–Crippen MR) is 100 cm³/mol. The molecule has 2 aromatic heterocycles. The molecule has 1 saturated heterocycles. The van der Waals surface area contributed by atoms with E-state index in [-0.39, 0.29) is 24.0 Å². The minimum atomic E-state index is -5.10. The molecule has 0 unspecified atom stereocenters. The number of hydrogen-bond acceptors (Lipinski definition) is 7. The van der Waals surface area contributed by atoms with E-state index in [0.29, 0.717) is 44.7 Å². The molecule has 0 aromatic carbocycles. The van der Waals surface area contributed by atoms with Gasteiger partial charge in [-0.3, -0.25) is 0 Å². The molecule has 3 N–H and O–H groups in total. The van der Waals surface area contributed by atoms with Crippen molar-refractivity contribution in [3.63, 3.8) is 0 Å². The normalized spacial score (nSPS) is 24.8. The Morgan fingerprint density at radius 3 is 2.47 bits per heavy atom. The van der Waals surface area contributed by atoms with Gasteiger partial charge >= 0.3 is 12.4 Å². The van der Waals surface area contributed by atoms with Crippen LogP contribution in [0.25, 0.3) is 11.6 Å². The molecule has 0 saturated carbocycles. The highest BCUT2D eigenvalue weighted by Gasteiger charge is 2.58. The van der Waals surface area contributed by atoms with Gasteiger partial charge in [0.05, 0.1) is 5.69 Å². The summed E-state index contributed by atoms with van der Waals surface area (Å²) < 4.78 is 87.4. The van der Waals surface area contributed by atoms with Gasteiger partial charge in [-0.2, -0.15) is 26.3 Å². The summed E-state index contributed by atoms with van der Waals surface area (Å²) in [6.45, 7) is 0.354. The molecule has 4 bridgehead atoms. The van der Waals surface area contributed by atoms with E-state index < -0.39 is 47.4 Å². The first kappa shape index (κ1) is 22.6. The average Bonchev–Trinajstić information content (AvgIpc) is 3.35. The molecule has 13 heteroatoms. The van der Waals surface area contributed by atoms with Crippen LogP contribution >= 0.6 is 0 Å². The fourth-order valence-electron chi connectivity index (χ4n) is 4.33. The Bertz CT molecular complexity index is 992. The van der Waals surface area contributed by atoms with E-state index in [2.05, 4.69) is 15.2 Å². The first-order valence-electron chi connectivity index (χ1n) is 10.2. The SMILES string of the molecule is Nc1cc(C(F)(F)F)c2nc1-c1nnc(o1)[C@@](O)(C(F)(F)F)CCCCC[C@@H]1CCCN21. The topological polar surface area (TPSA) is 101 Å². The lowest BCUT2D eigenvalue weighted by atomic mass is 9.94. The van der Waals surface area contributed by atoms with Gasteiger partial charge in [-0.1, -0.05) is 12.8 Å². The molecule has 4 heterocycles. The zero-order valence-electron chi connectivity index (χ0n) is 16.8. The highest BCUT2D eigenvalue weighted by molar-refractivity contribution is 5.71. The number of hydrogen-bond donors (Lipinski definition) is 2. The number of aliphatic hydroxyl groups is 1. The summed E-state index contributed by atoms with van der Waals surface area (Å²) in [5, 5.41) is 17.2. The molecule has 32 heavy (non-hydrogen) atoms. The van der Waals surface area contributed by atoms with Crippen molar-refractivity contribution < 1.29 is 35.9 Å². The van der Waals surface area contributed by atoms with Crippen molar-refractivity contribution in [2.24, 2.45) is 0 Å². The second-order valence-electron chi connectivity index (χ2n) is 8.15. The van der Waals surface area contributed by atoms with Gasteiger partial charge in [0.15, 0.2) is 5.69 Å². The average molecular weight is 465 g/mol. The van der Waals surface area contributed by atoms with Crippen LogP contribution in [0.1, 0.15) is 56.4 Å². The van der Waals surface area contributed by atoms with Gasteiger partial charge in [0.25, 0.3) is 11.8 Å². The number of alkyl halides is 6. The Kier molecular flexibility index (Phi) is 5.50. The molecule has 2 aromatic rings. The molecule has 0 spiro atoms. The van der Waals surface area contributed by atoms with E-state index in [1.165, 1.54) is 0 Å². The van der Waals surface area contributed by atoms with Crippen molar-refractivity contribution in [1.82, 2.24) is 15.2 Å². The largest absolute Gasteiger partial charge is 0.426 e. The number of halogens is 6. The zero-order chi connectivity index (χ0) is 23.3. The summed E-state index contributed by atoms with van der Waals surface area (Å²) in [5.74, 6) is -2.06. The van der Waals surface area contributed by atoms with Crippen LogP contribution in [-0.4, -0.2) is 39.1 Å². The third kappa shape index (κ3) is 3.86. The fourth-order valence-corrected chi connectivity index (χ4v) is 4.33. The summed E-state index contributed by atoms with van der Waals surface area (Å²) in [5.41, 5.74) is 0.505. The maximum Gasteiger partial charge on any atom is 0.426 e. The monoisotopic (exact) mass is 465 g/mol. The van der Waals surface area contributed by atoms with E-state index in [1.54, 1.807) is 4.90 Å². The minimum Gasteiger partial charge on any atom is -0.416 e. The second kappa shape index (κ2) is 7.78. The number of nitrogens with zero attached hydrogens (tertiary/aromatic N) is 4. The molecule has 2 aliphatic rings. The number of fused-ring (bicyclic) bond motifs is 7. The zero-order valence-corrected chi connectivity index (χ0v) is 16.8. The standard InChI is InChI=1S/C19H21F6N5O2/c20-18(21,22)11-9-12(26)13-15-28-29-16(32-15)17(31,19(23,24)25)7-3-1-2-5-10-6-4-8-30(10)14(11)27-13/h9-10,31H,1-8,26H2/t10-,17-/m1/s1. The van der Waals surface area contributed by atoms with E-state index in [0.717, 1.165) is 0 Å². The molecule has 2 atom stereocenters. The van der Waals surface area contributed by atoms with Crippen LogP contribution in [0.5, 0.6) is 0 Å². The molecule has 2 aliphatic heterocycles. The van der Waals surface area contributed by atoms with E-state index in [9.17, 15) is 31.4 Å². The Hall–Kier alpha value is -2.57. The third-order valence-electron chi connectivity index (χ3n) is 6.01. The van der Waals surface area contributed by atoms with Crippen LogP contribution in [0.3, 0.4) is 0 Å². The summed E-state index contributed by atoms with van der Waals surface area (Å²) in [6.07, 6.45) is -7.92. The quantitative estimate of drug-likeness (QED) is 0.556. The number of nitrogens with two attached hydrogens (primary N) is 1. The molecule has 7 nitrogen and oxygen atoms in total. The first-order valence-corrected chi connectivity index (χ1v) is 10.2. The van der Waals surface area contributed by atoms with Crippen LogP contribution in [0.2, 0.25) is 0 Å². The summed E-state index contributed by atoms with van der Waals surface area (Å²) in [7, 11) is 0. The van der Waals surface area contributed by atoms with Crippen molar-refractivity contribution in [3.8, 4) is 11.6 Å². The fraction of sp³-hybridized carbons (Fsp3) is 0.632. The molecule has 0 radical (unpaired) electrons. The minimum absolute atomic E-state index is 0.0138. The first-order chi connectivity index (χ1) is 14.9. The van der Waals surface area contributed by atoms with Crippen LogP contribution in [0.15, 0.2) is 10.5 Å². The van der Waals surface area contributed by atoms with Crippen LogP contribution in [0.4, 0.5) is 37.8 Å². The van der Waals surface area contributed by atoms with Gasteiger partial charge in [0.1, 0.15) is 11.4 Å². The Balaban J connectivity index is 1.90. The molecule has 176 valence electrons. The Morgan fingerprint density at radius 1 is 1.06 bits per heavy atom. The summed E-state index contributed by atoms with van der Waals surface area (Å²) >= 11 is 0. The van der Waals surface area contributed by atoms with Gasteiger partial charge < -0.3 is 20.2 Å². The van der Waals surface area contributed by atoms with E-state index in [1.807, 2.05) is 0 Å². The molecular weight excluding hydrogens is 444 g/mol. The van der Waals surface area contributed by atoms with Crippen LogP contribution in [0, 0.1) is 0 Å². The number of pyridine rings is 1. The predicted octanol–water partition coefficient (Wildman–Crippen LogP) is 4.42. The van der Waals surface area contributed by atoms with Gasteiger partial charge in [-0.15, -0.1) is 10.2 Å². The van der Waals surface area contributed by atoms with Gasteiger partial charge in [-0.25, -0.2) is 4.98 Å². The second-order valence-corrected chi connectivity index (χ2v) is 8.15. The number of aromatic nitrogens is 3. The van der Waals surface area contributed by atoms with E-state index >= 15 is 0 Å². The Morgan fingerprint density at radius 2 is 1.78 bits per heavy atom. The highest BCUT2D eigenvalue weighted by atomic mass is 19.4. The van der Waals surface area contributed by atoms with Gasteiger partial charge in [-0.05, 0) is 38.2 Å². The van der Waals surface area contributed by atoms with Crippen LogP contribution in [-0.2, 0) is 11.8 Å². The number of rotatable bonds is 0. The van der Waals surface area contributed by atoms with Crippen molar-refractivity contribution >= 4 is 11.5 Å². The van der Waals surface area contributed by atoms with E-state index in [4.69, 9.17) is 10.2 Å². The number of anilines is 2. The molecule has 1 fully saturated rings. The third-order valence-corrected chi connectivity index (χ3v) is 6.01. The van der Waals surface area contributed by atoms with Crippen molar-refractivity contribution in [3.05, 3.63) is 17.5 Å². The van der Waals surface area contributed by atoms with Crippen molar-refractivity contribution in [2.45, 2.75) is 68.9 Å². The maximum atomic E-state index is 13.8. The van der Waals surface area contributed by atoms with Crippen molar-refractivity contribution in [2.75, 3.05) is 17.2 Å². The maximum absolute atomic E-state index is 13.8. The van der Waals surface area contributed by atoms with Crippen LogP contribution < -0.4 is 10.6 Å².